The molecule has 0 aliphatic rings. The third-order valence-electron chi connectivity index (χ3n) is 1.58. The van der Waals surface area contributed by atoms with Gasteiger partial charge in [0.15, 0.2) is 0 Å². The molecule has 58 valence electrons. The maximum absolute atomic E-state index is 11.0. The average Bonchev–Trinajstić information content (AvgIpc) is 2.28. The minimum atomic E-state index is -0.144. The van der Waals surface area contributed by atoms with Crippen molar-refractivity contribution in [1.29, 1.82) is 0 Å². The van der Waals surface area contributed by atoms with E-state index in [1.807, 2.05) is 0 Å². The third kappa shape index (κ3) is 1.05. The molecule has 1 aromatic heterocycles. The maximum atomic E-state index is 11.0. The van der Waals surface area contributed by atoms with E-state index < -0.39 is 0 Å². The second-order valence-electron chi connectivity index (χ2n) is 2.20. The first-order valence-electron chi connectivity index (χ1n) is 3.24. The number of hydrogen-bond acceptors (Lipinski definition) is 1. The molecule has 0 radical (unpaired) electrons. The smallest absolute Gasteiger partial charge is 0.306 e. The fraction of sp³-hybridized carbons (Fsp3) is 0.125. The van der Waals surface area contributed by atoms with Gasteiger partial charge in [-0.2, -0.15) is 0 Å². The molecule has 3 nitrogen and oxygen atoms in total. The molecule has 0 bridgehead atoms. The Bertz CT molecular complexity index is 343. The minimum Gasteiger partial charge on any atom is -0.306 e. The van der Waals surface area contributed by atoms with Gasteiger partial charge in [0.2, 0.25) is 0 Å². The van der Waals surface area contributed by atoms with Gasteiger partial charge in [0.1, 0.15) is 0 Å². The molecule has 0 unspecified atom stereocenters. The quantitative estimate of drug-likeness (QED) is 0.671. The first-order valence-corrected chi connectivity index (χ1v) is 3.24. The van der Waals surface area contributed by atoms with Gasteiger partial charge in [-0.15, -0.1) is 0 Å². The molecule has 0 fully saturated rings. The van der Waals surface area contributed by atoms with E-state index >= 15 is 0 Å². The Labute approximate surface area is 64.7 Å². The van der Waals surface area contributed by atoms with Gasteiger partial charge in [-0.1, -0.05) is 13.2 Å². The zero-order valence-corrected chi connectivity index (χ0v) is 6.42. The summed E-state index contributed by atoms with van der Waals surface area (Å²) in [7, 11) is 1.68. The topological polar surface area (TPSA) is 37.8 Å². The number of imidazole rings is 1. The second-order valence-corrected chi connectivity index (χ2v) is 2.20. The number of rotatable bonds is 2. The lowest BCUT2D eigenvalue weighted by atomic mass is 10.3. The summed E-state index contributed by atoms with van der Waals surface area (Å²) in [5, 5.41) is 0. The molecule has 0 aromatic carbocycles. The van der Waals surface area contributed by atoms with Crippen LogP contribution < -0.4 is 5.69 Å². The lowest BCUT2D eigenvalue weighted by molar-refractivity contribution is 0.853. The summed E-state index contributed by atoms with van der Waals surface area (Å²) in [6.07, 6.45) is 3.22. The van der Waals surface area contributed by atoms with Gasteiger partial charge >= 0.3 is 5.69 Å². The van der Waals surface area contributed by atoms with Crippen LogP contribution in [0, 0.1) is 0 Å². The highest BCUT2D eigenvalue weighted by molar-refractivity contribution is 5.57. The molecule has 1 N–H and O–H groups in total. The van der Waals surface area contributed by atoms with E-state index in [1.54, 1.807) is 19.2 Å². The fourth-order valence-corrected chi connectivity index (χ4v) is 0.956. The Morgan fingerprint density at radius 3 is 2.45 bits per heavy atom. The predicted molar refractivity (Wildman–Crippen MR) is 46.2 cm³/mol. The Balaban J connectivity index is 3.49. The molecule has 0 amide bonds. The van der Waals surface area contributed by atoms with Crippen LogP contribution in [0.5, 0.6) is 0 Å². The molecule has 0 saturated carbocycles. The second kappa shape index (κ2) is 2.62. The van der Waals surface area contributed by atoms with Crippen LogP contribution in [0.1, 0.15) is 11.4 Å². The van der Waals surface area contributed by atoms with Crippen LogP contribution in [0.15, 0.2) is 18.0 Å². The van der Waals surface area contributed by atoms with Crippen molar-refractivity contribution in [2.24, 2.45) is 7.05 Å². The highest BCUT2D eigenvalue weighted by Gasteiger charge is 2.03. The molecule has 1 rings (SSSR count). The number of aromatic nitrogens is 2. The Morgan fingerprint density at radius 2 is 2.09 bits per heavy atom. The van der Waals surface area contributed by atoms with Gasteiger partial charge in [0.25, 0.3) is 0 Å². The van der Waals surface area contributed by atoms with Crippen molar-refractivity contribution >= 4 is 12.2 Å². The van der Waals surface area contributed by atoms with Crippen LogP contribution in [0.25, 0.3) is 12.2 Å². The molecule has 1 aromatic rings. The van der Waals surface area contributed by atoms with Crippen LogP contribution in [-0.4, -0.2) is 9.55 Å². The van der Waals surface area contributed by atoms with Crippen molar-refractivity contribution in [3.63, 3.8) is 0 Å². The SMILES string of the molecule is C=Cc1[nH]c(=O)n(C)c1C=C. The number of aromatic amines is 1. The maximum Gasteiger partial charge on any atom is 0.326 e. The number of hydrogen-bond donors (Lipinski definition) is 1. The Morgan fingerprint density at radius 1 is 1.45 bits per heavy atom. The first kappa shape index (κ1) is 7.60. The predicted octanol–water partition coefficient (Wildman–Crippen LogP) is 0.999. The van der Waals surface area contributed by atoms with E-state index in [-0.39, 0.29) is 5.69 Å². The van der Waals surface area contributed by atoms with Crippen LogP contribution in [0.3, 0.4) is 0 Å². The lowest BCUT2D eigenvalue weighted by Crippen LogP contribution is -2.13. The number of nitrogens with zero attached hydrogens (tertiary/aromatic N) is 1. The standard InChI is InChI=1S/C8H10N2O/c1-4-6-7(5-2)10(3)8(11)9-6/h4-5H,1-2H2,3H3,(H,9,11). The van der Waals surface area contributed by atoms with Gasteiger partial charge < -0.3 is 4.98 Å². The summed E-state index contributed by atoms with van der Waals surface area (Å²) in [6.45, 7) is 7.15. The van der Waals surface area contributed by atoms with E-state index in [2.05, 4.69) is 18.1 Å². The van der Waals surface area contributed by atoms with Crippen molar-refractivity contribution in [2.45, 2.75) is 0 Å². The molecular weight excluding hydrogens is 140 g/mol. The largest absolute Gasteiger partial charge is 0.326 e. The summed E-state index contributed by atoms with van der Waals surface area (Å²) in [5.41, 5.74) is 1.34. The minimum absolute atomic E-state index is 0.144. The van der Waals surface area contributed by atoms with E-state index in [1.165, 1.54) is 4.57 Å². The highest BCUT2D eigenvalue weighted by atomic mass is 16.1. The Hall–Kier alpha value is -1.51. The van der Waals surface area contributed by atoms with E-state index in [0.717, 1.165) is 5.69 Å². The van der Waals surface area contributed by atoms with Gasteiger partial charge in [-0.25, -0.2) is 4.79 Å². The molecule has 0 spiro atoms. The summed E-state index contributed by atoms with van der Waals surface area (Å²) >= 11 is 0. The molecule has 0 atom stereocenters. The van der Waals surface area contributed by atoms with Crippen molar-refractivity contribution in [3.8, 4) is 0 Å². The molecule has 0 saturated heterocycles. The zero-order valence-electron chi connectivity index (χ0n) is 6.42. The van der Waals surface area contributed by atoms with Crippen LogP contribution in [0.4, 0.5) is 0 Å². The lowest BCUT2D eigenvalue weighted by Gasteiger charge is -1.92. The summed E-state index contributed by atoms with van der Waals surface area (Å²) in [4.78, 5) is 13.6. The summed E-state index contributed by atoms with van der Waals surface area (Å²) in [5.74, 6) is 0. The molecule has 0 aliphatic heterocycles. The third-order valence-corrected chi connectivity index (χ3v) is 1.58. The van der Waals surface area contributed by atoms with Crippen molar-refractivity contribution in [2.75, 3.05) is 0 Å². The molecule has 1 heterocycles. The summed E-state index contributed by atoms with van der Waals surface area (Å²) in [6, 6.07) is 0. The van der Waals surface area contributed by atoms with Gasteiger partial charge in [-0.3, -0.25) is 4.57 Å². The van der Waals surface area contributed by atoms with Crippen molar-refractivity contribution < 1.29 is 0 Å². The van der Waals surface area contributed by atoms with Crippen LogP contribution in [0.2, 0.25) is 0 Å². The first-order chi connectivity index (χ1) is 5.20. The van der Waals surface area contributed by atoms with Gasteiger partial charge in [0, 0.05) is 7.05 Å². The normalized spacial score (nSPS) is 9.55. The molecular formula is C8H10N2O. The monoisotopic (exact) mass is 150 g/mol. The molecule has 11 heavy (non-hydrogen) atoms. The zero-order chi connectivity index (χ0) is 8.43. The van der Waals surface area contributed by atoms with Crippen LogP contribution >= 0.6 is 0 Å². The Kier molecular flexibility index (Phi) is 1.81. The van der Waals surface area contributed by atoms with Crippen molar-refractivity contribution in [3.05, 3.63) is 35.0 Å². The van der Waals surface area contributed by atoms with E-state index in [9.17, 15) is 4.79 Å². The van der Waals surface area contributed by atoms with E-state index in [4.69, 9.17) is 0 Å². The number of nitrogens with one attached hydrogen (secondary N) is 1. The number of H-pyrrole nitrogens is 1. The highest BCUT2D eigenvalue weighted by Crippen LogP contribution is 2.04. The van der Waals surface area contributed by atoms with Crippen LogP contribution in [-0.2, 0) is 7.05 Å². The van der Waals surface area contributed by atoms with Gasteiger partial charge in [-0.05, 0) is 12.2 Å². The van der Waals surface area contributed by atoms with Gasteiger partial charge in [0.05, 0.1) is 11.4 Å². The molecule has 0 aliphatic carbocycles. The molecule has 3 heteroatoms. The summed E-state index contributed by atoms with van der Waals surface area (Å²) < 4.78 is 1.49. The fourth-order valence-electron chi connectivity index (χ4n) is 0.956. The average molecular weight is 150 g/mol. The van der Waals surface area contributed by atoms with E-state index in [0.29, 0.717) is 5.69 Å². The van der Waals surface area contributed by atoms with Crippen molar-refractivity contribution in [1.82, 2.24) is 9.55 Å².